The molecule has 0 bridgehead atoms. The smallest absolute Gasteiger partial charge is 0.136 e. The first kappa shape index (κ1) is 10.8. The molecular formula is C14H22O2. The summed E-state index contributed by atoms with van der Waals surface area (Å²) in [5.74, 6) is 3.06. The molecule has 3 fully saturated rings. The standard InChI is InChI=1S/C14H22O2/c1-14(2)11-7-8(16-3)6-10(11)9-4-5-12(15)13(9)14/h8-11,13H,4-7H2,1-3H3/t8-,9+,10-,11-,13-/m1/s1. The molecule has 3 rings (SSSR count). The average Bonchev–Trinajstić information content (AvgIpc) is 2.84. The molecule has 0 aromatic carbocycles. The molecule has 3 aliphatic carbocycles. The van der Waals surface area contributed by atoms with Gasteiger partial charge in [-0.1, -0.05) is 13.8 Å². The number of ether oxygens (including phenoxy) is 1. The molecule has 0 amide bonds. The van der Waals surface area contributed by atoms with Crippen molar-refractivity contribution in [2.75, 3.05) is 7.11 Å². The number of ketones is 1. The molecule has 0 heterocycles. The SMILES string of the molecule is CO[C@@H]1C[C@@H]2[C@@H]3CCC(=O)[C@@H]3C(C)(C)[C@@H]2C1. The first-order valence-corrected chi connectivity index (χ1v) is 6.61. The predicted molar refractivity (Wildman–Crippen MR) is 62.0 cm³/mol. The summed E-state index contributed by atoms with van der Waals surface area (Å²) in [6.45, 7) is 4.63. The molecule has 0 aliphatic heterocycles. The van der Waals surface area contributed by atoms with Gasteiger partial charge in [0.25, 0.3) is 0 Å². The second kappa shape index (κ2) is 3.32. The second-order valence-electron chi connectivity index (χ2n) is 6.57. The van der Waals surface area contributed by atoms with E-state index in [1.54, 1.807) is 0 Å². The van der Waals surface area contributed by atoms with Crippen LogP contribution in [-0.2, 0) is 9.53 Å². The van der Waals surface area contributed by atoms with Gasteiger partial charge in [-0.25, -0.2) is 0 Å². The van der Waals surface area contributed by atoms with E-state index in [9.17, 15) is 4.79 Å². The number of fused-ring (bicyclic) bond motifs is 3. The largest absolute Gasteiger partial charge is 0.381 e. The Morgan fingerprint density at radius 2 is 2.00 bits per heavy atom. The van der Waals surface area contributed by atoms with Crippen LogP contribution in [0, 0.1) is 29.1 Å². The molecule has 0 spiro atoms. The Balaban J connectivity index is 1.92. The number of rotatable bonds is 1. The van der Waals surface area contributed by atoms with E-state index in [2.05, 4.69) is 13.8 Å². The summed E-state index contributed by atoms with van der Waals surface area (Å²) in [7, 11) is 1.83. The van der Waals surface area contributed by atoms with Crippen LogP contribution in [0.25, 0.3) is 0 Å². The molecular weight excluding hydrogens is 200 g/mol. The topological polar surface area (TPSA) is 26.3 Å². The quantitative estimate of drug-likeness (QED) is 0.682. The number of methoxy groups -OCH3 is 1. The Kier molecular flexibility index (Phi) is 2.23. The van der Waals surface area contributed by atoms with Crippen LogP contribution >= 0.6 is 0 Å². The van der Waals surface area contributed by atoms with E-state index in [1.165, 1.54) is 12.8 Å². The van der Waals surface area contributed by atoms with Crippen LogP contribution < -0.4 is 0 Å². The zero-order chi connectivity index (χ0) is 11.5. The van der Waals surface area contributed by atoms with Crippen LogP contribution in [-0.4, -0.2) is 19.0 Å². The zero-order valence-electron chi connectivity index (χ0n) is 10.5. The van der Waals surface area contributed by atoms with Gasteiger partial charge in [0.15, 0.2) is 0 Å². The van der Waals surface area contributed by atoms with Crippen LogP contribution in [0.5, 0.6) is 0 Å². The summed E-state index contributed by atoms with van der Waals surface area (Å²) >= 11 is 0. The van der Waals surface area contributed by atoms with Crippen molar-refractivity contribution in [2.24, 2.45) is 29.1 Å². The van der Waals surface area contributed by atoms with E-state index >= 15 is 0 Å². The van der Waals surface area contributed by atoms with Crippen LogP contribution in [0.3, 0.4) is 0 Å². The van der Waals surface area contributed by atoms with Crippen molar-refractivity contribution in [3.8, 4) is 0 Å². The highest BCUT2D eigenvalue weighted by atomic mass is 16.5. The van der Waals surface area contributed by atoms with E-state index in [0.717, 1.165) is 24.7 Å². The maximum absolute atomic E-state index is 12.0. The summed E-state index contributed by atoms with van der Waals surface area (Å²) in [6.07, 6.45) is 4.79. The molecule has 0 aromatic rings. The fraction of sp³-hybridized carbons (Fsp3) is 0.929. The number of hydrogen-bond donors (Lipinski definition) is 0. The van der Waals surface area contributed by atoms with Gasteiger partial charge in [0.05, 0.1) is 6.10 Å². The molecule has 0 N–H and O–H groups in total. The maximum atomic E-state index is 12.0. The molecule has 2 nitrogen and oxygen atoms in total. The molecule has 0 aromatic heterocycles. The monoisotopic (exact) mass is 222 g/mol. The fourth-order valence-electron chi connectivity index (χ4n) is 5.07. The average molecular weight is 222 g/mol. The highest BCUT2D eigenvalue weighted by Crippen LogP contribution is 2.64. The summed E-state index contributed by atoms with van der Waals surface area (Å²) in [6, 6.07) is 0. The first-order chi connectivity index (χ1) is 7.55. The number of carbonyl (C=O) groups is 1. The summed E-state index contributed by atoms with van der Waals surface area (Å²) in [5.41, 5.74) is 0.218. The van der Waals surface area contributed by atoms with Crippen molar-refractivity contribution in [2.45, 2.75) is 45.6 Å². The van der Waals surface area contributed by atoms with Gasteiger partial charge >= 0.3 is 0 Å². The van der Waals surface area contributed by atoms with Crippen molar-refractivity contribution in [3.63, 3.8) is 0 Å². The van der Waals surface area contributed by atoms with Crippen LogP contribution in [0.15, 0.2) is 0 Å². The Labute approximate surface area is 97.7 Å². The van der Waals surface area contributed by atoms with Crippen LogP contribution in [0.4, 0.5) is 0 Å². The number of hydrogen-bond acceptors (Lipinski definition) is 2. The third-order valence-corrected chi connectivity index (χ3v) is 5.71. The Bertz CT molecular complexity index is 321. The molecule has 3 saturated carbocycles. The Morgan fingerprint density at radius 3 is 2.69 bits per heavy atom. The lowest BCUT2D eigenvalue weighted by Crippen LogP contribution is -2.30. The molecule has 5 atom stereocenters. The third-order valence-electron chi connectivity index (χ3n) is 5.71. The predicted octanol–water partition coefficient (Wildman–Crippen LogP) is 2.66. The summed E-state index contributed by atoms with van der Waals surface area (Å²) in [5, 5.41) is 0. The highest BCUT2D eigenvalue weighted by Gasteiger charge is 2.62. The second-order valence-corrected chi connectivity index (χ2v) is 6.57. The molecule has 3 aliphatic rings. The van der Waals surface area contributed by atoms with Crippen molar-refractivity contribution >= 4 is 5.78 Å². The van der Waals surface area contributed by atoms with Crippen molar-refractivity contribution < 1.29 is 9.53 Å². The van der Waals surface area contributed by atoms with Crippen LogP contribution in [0.2, 0.25) is 0 Å². The van der Waals surface area contributed by atoms with Gasteiger partial charge in [0.2, 0.25) is 0 Å². The molecule has 0 saturated heterocycles. The minimum atomic E-state index is 0.218. The minimum Gasteiger partial charge on any atom is -0.381 e. The highest BCUT2D eigenvalue weighted by molar-refractivity contribution is 5.84. The van der Waals surface area contributed by atoms with Crippen molar-refractivity contribution in [3.05, 3.63) is 0 Å². The molecule has 16 heavy (non-hydrogen) atoms. The lowest BCUT2D eigenvalue weighted by Gasteiger charge is -2.31. The molecule has 0 radical (unpaired) electrons. The molecule has 90 valence electrons. The number of Topliss-reactive ketones (excluding diaryl/α,β-unsaturated/α-hetero) is 1. The van der Waals surface area contributed by atoms with E-state index in [1.807, 2.05) is 7.11 Å². The van der Waals surface area contributed by atoms with E-state index in [0.29, 0.717) is 23.7 Å². The fourth-order valence-corrected chi connectivity index (χ4v) is 5.07. The lowest BCUT2D eigenvalue weighted by atomic mass is 9.73. The van der Waals surface area contributed by atoms with Crippen molar-refractivity contribution in [1.29, 1.82) is 0 Å². The summed E-state index contributed by atoms with van der Waals surface area (Å²) < 4.78 is 5.53. The Hall–Kier alpha value is -0.370. The number of carbonyl (C=O) groups excluding carboxylic acids is 1. The van der Waals surface area contributed by atoms with Gasteiger partial charge in [0.1, 0.15) is 5.78 Å². The lowest BCUT2D eigenvalue weighted by molar-refractivity contribution is -0.124. The van der Waals surface area contributed by atoms with Gasteiger partial charge < -0.3 is 4.74 Å². The first-order valence-electron chi connectivity index (χ1n) is 6.61. The van der Waals surface area contributed by atoms with Crippen molar-refractivity contribution in [1.82, 2.24) is 0 Å². The van der Waals surface area contributed by atoms with Gasteiger partial charge in [-0.2, -0.15) is 0 Å². The summed E-state index contributed by atoms with van der Waals surface area (Å²) in [4.78, 5) is 12.0. The van der Waals surface area contributed by atoms with Gasteiger partial charge in [-0.3, -0.25) is 4.79 Å². The van der Waals surface area contributed by atoms with E-state index in [4.69, 9.17) is 4.74 Å². The van der Waals surface area contributed by atoms with E-state index in [-0.39, 0.29) is 5.41 Å². The van der Waals surface area contributed by atoms with Gasteiger partial charge in [0, 0.05) is 19.4 Å². The van der Waals surface area contributed by atoms with E-state index < -0.39 is 0 Å². The molecule has 0 unspecified atom stereocenters. The molecule has 2 heteroatoms. The normalized spacial score (nSPS) is 49.4. The van der Waals surface area contributed by atoms with Gasteiger partial charge in [-0.05, 0) is 42.4 Å². The van der Waals surface area contributed by atoms with Gasteiger partial charge in [-0.15, -0.1) is 0 Å². The minimum absolute atomic E-state index is 0.218. The third kappa shape index (κ3) is 1.20. The van der Waals surface area contributed by atoms with Crippen LogP contribution in [0.1, 0.15) is 39.5 Å². The Morgan fingerprint density at radius 1 is 1.25 bits per heavy atom. The zero-order valence-corrected chi connectivity index (χ0v) is 10.5. The maximum Gasteiger partial charge on any atom is 0.136 e.